The van der Waals surface area contributed by atoms with Gasteiger partial charge in [-0.05, 0) is 42.5 Å². The number of rotatable bonds is 6. The Balaban J connectivity index is 1.41. The van der Waals surface area contributed by atoms with Crippen LogP contribution in [0.1, 0.15) is 31.1 Å². The molecule has 0 aliphatic carbocycles. The van der Waals surface area contributed by atoms with E-state index >= 15 is 0 Å². The number of hydrogen-bond donors (Lipinski definition) is 0. The van der Waals surface area contributed by atoms with Gasteiger partial charge in [-0.3, -0.25) is 9.59 Å². The first kappa shape index (κ1) is 19.3. The summed E-state index contributed by atoms with van der Waals surface area (Å²) in [4.78, 5) is 38.6. The molecule has 0 bridgehead atoms. The summed E-state index contributed by atoms with van der Waals surface area (Å²) in [5.41, 5.74) is 1.09. The fraction of sp³-hybridized carbons (Fsp3) is 0.0870. The van der Waals surface area contributed by atoms with E-state index < -0.39 is 23.6 Å². The quantitative estimate of drug-likeness (QED) is 0.354. The second-order valence-corrected chi connectivity index (χ2v) is 6.46. The van der Waals surface area contributed by atoms with Gasteiger partial charge in [-0.1, -0.05) is 30.3 Å². The number of amides is 2. The summed E-state index contributed by atoms with van der Waals surface area (Å²) in [5.74, 6) is -1.97. The minimum absolute atomic E-state index is 0.0230. The molecule has 1 heterocycles. The molecule has 0 unspecified atom stereocenters. The van der Waals surface area contributed by atoms with E-state index in [9.17, 15) is 18.8 Å². The maximum atomic E-state index is 13.5. The standard InChI is InChI=1S/C23H16FNO5/c24-19-10-3-4-11-20(19)29-12-13-30-23(28)15-6-5-7-16(14-15)25-21(26)17-8-1-2-9-18(17)22(25)27/h1-11,14H,12-13H2. The number of anilines is 1. The Morgan fingerprint density at radius 2 is 1.50 bits per heavy atom. The molecule has 1 aliphatic rings. The molecule has 6 nitrogen and oxygen atoms in total. The van der Waals surface area contributed by atoms with Crippen molar-refractivity contribution in [3.8, 4) is 5.75 Å². The summed E-state index contributed by atoms with van der Waals surface area (Å²) in [6, 6.07) is 18.5. The number of esters is 1. The van der Waals surface area contributed by atoms with Gasteiger partial charge in [0.05, 0.1) is 22.4 Å². The fourth-order valence-electron chi connectivity index (χ4n) is 3.13. The predicted molar refractivity (Wildman–Crippen MR) is 106 cm³/mol. The van der Waals surface area contributed by atoms with E-state index in [0.29, 0.717) is 11.1 Å². The molecule has 3 aromatic rings. The third-order valence-electron chi connectivity index (χ3n) is 4.54. The lowest BCUT2D eigenvalue weighted by Gasteiger charge is -2.15. The van der Waals surface area contributed by atoms with Crippen LogP contribution in [0.2, 0.25) is 0 Å². The molecule has 0 N–H and O–H groups in total. The molecule has 0 atom stereocenters. The topological polar surface area (TPSA) is 72.9 Å². The maximum Gasteiger partial charge on any atom is 0.338 e. The van der Waals surface area contributed by atoms with Crippen LogP contribution in [-0.4, -0.2) is 31.0 Å². The van der Waals surface area contributed by atoms with Crippen LogP contribution in [0, 0.1) is 5.82 Å². The number of ether oxygens (including phenoxy) is 2. The summed E-state index contributed by atoms with van der Waals surface area (Å²) in [6.45, 7) is -0.116. The van der Waals surface area contributed by atoms with Crippen LogP contribution in [-0.2, 0) is 4.74 Å². The second kappa shape index (κ2) is 8.16. The van der Waals surface area contributed by atoms with Crippen LogP contribution < -0.4 is 9.64 Å². The Morgan fingerprint density at radius 1 is 0.833 bits per heavy atom. The molecule has 0 aromatic heterocycles. The zero-order valence-corrected chi connectivity index (χ0v) is 15.7. The molecule has 7 heteroatoms. The lowest BCUT2D eigenvalue weighted by Crippen LogP contribution is -2.29. The zero-order valence-electron chi connectivity index (χ0n) is 15.7. The number of para-hydroxylation sites is 1. The molecule has 0 spiro atoms. The number of fused-ring (bicyclic) bond motifs is 1. The Labute approximate surface area is 171 Å². The first-order chi connectivity index (χ1) is 14.6. The normalized spacial score (nSPS) is 12.6. The van der Waals surface area contributed by atoms with E-state index in [1.165, 1.54) is 24.3 Å². The first-order valence-electron chi connectivity index (χ1n) is 9.18. The highest BCUT2D eigenvalue weighted by Gasteiger charge is 2.36. The van der Waals surface area contributed by atoms with Crippen LogP contribution in [0.5, 0.6) is 5.75 Å². The molecular formula is C23H16FNO5. The van der Waals surface area contributed by atoms with Crippen LogP contribution in [0.3, 0.4) is 0 Å². The van der Waals surface area contributed by atoms with Crippen molar-refractivity contribution < 1.29 is 28.2 Å². The van der Waals surface area contributed by atoms with Crippen molar-refractivity contribution in [2.75, 3.05) is 18.1 Å². The van der Waals surface area contributed by atoms with E-state index in [2.05, 4.69) is 0 Å². The second-order valence-electron chi connectivity index (χ2n) is 6.46. The van der Waals surface area contributed by atoms with Gasteiger partial charge < -0.3 is 9.47 Å². The highest BCUT2D eigenvalue weighted by Crippen LogP contribution is 2.28. The number of nitrogens with zero attached hydrogens (tertiary/aromatic N) is 1. The monoisotopic (exact) mass is 405 g/mol. The molecule has 0 saturated heterocycles. The number of hydrogen-bond acceptors (Lipinski definition) is 5. The number of carbonyl (C=O) groups excluding carboxylic acids is 3. The van der Waals surface area contributed by atoms with E-state index in [4.69, 9.17) is 9.47 Å². The molecule has 0 saturated carbocycles. The number of imide groups is 1. The molecule has 30 heavy (non-hydrogen) atoms. The molecule has 1 aliphatic heterocycles. The third-order valence-corrected chi connectivity index (χ3v) is 4.54. The van der Waals surface area contributed by atoms with Crippen molar-refractivity contribution in [3.05, 3.63) is 95.3 Å². The minimum atomic E-state index is -0.648. The third kappa shape index (κ3) is 3.65. The van der Waals surface area contributed by atoms with Gasteiger partial charge in [-0.15, -0.1) is 0 Å². The Morgan fingerprint density at radius 3 is 2.20 bits per heavy atom. The van der Waals surface area contributed by atoms with E-state index in [0.717, 1.165) is 4.90 Å². The molecule has 0 fully saturated rings. The first-order valence-corrected chi connectivity index (χ1v) is 9.18. The fourth-order valence-corrected chi connectivity index (χ4v) is 3.13. The molecule has 0 radical (unpaired) electrons. The SMILES string of the molecule is O=C(OCCOc1ccccc1F)c1cccc(N2C(=O)c3ccccc3C2=O)c1. The molecule has 2 amide bonds. The predicted octanol–water partition coefficient (Wildman–Crippen LogP) is 3.86. The Bertz CT molecular complexity index is 1110. The van der Waals surface area contributed by atoms with Crippen LogP contribution in [0.25, 0.3) is 0 Å². The average Bonchev–Trinajstić information content (AvgIpc) is 3.03. The van der Waals surface area contributed by atoms with Crippen molar-refractivity contribution in [3.63, 3.8) is 0 Å². The van der Waals surface area contributed by atoms with E-state index in [1.807, 2.05) is 0 Å². The van der Waals surface area contributed by atoms with Crippen LogP contribution in [0.4, 0.5) is 10.1 Å². The van der Waals surface area contributed by atoms with Gasteiger partial charge in [0.25, 0.3) is 11.8 Å². The highest BCUT2D eigenvalue weighted by atomic mass is 19.1. The summed E-state index contributed by atoms with van der Waals surface area (Å²) >= 11 is 0. The largest absolute Gasteiger partial charge is 0.487 e. The summed E-state index contributed by atoms with van der Waals surface area (Å²) in [7, 11) is 0. The number of carbonyl (C=O) groups is 3. The summed E-state index contributed by atoms with van der Waals surface area (Å²) < 4.78 is 23.9. The smallest absolute Gasteiger partial charge is 0.338 e. The van der Waals surface area contributed by atoms with Gasteiger partial charge in [-0.2, -0.15) is 0 Å². The van der Waals surface area contributed by atoms with Gasteiger partial charge in [-0.25, -0.2) is 14.1 Å². The summed E-state index contributed by atoms with van der Waals surface area (Å²) in [5, 5.41) is 0. The highest BCUT2D eigenvalue weighted by molar-refractivity contribution is 6.34. The molecular weight excluding hydrogens is 389 g/mol. The Hall–Kier alpha value is -4.00. The van der Waals surface area contributed by atoms with Crippen LogP contribution in [0.15, 0.2) is 72.8 Å². The average molecular weight is 405 g/mol. The zero-order chi connectivity index (χ0) is 21.1. The van der Waals surface area contributed by atoms with E-state index in [-0.39, 0.29) is 30.2 Å². The van der Waals surface area contributed by atoms with Gasteiger partial charge >= 0.3 is 5.97 Å². The Kier molecular flexibility index (Phi) is 5.26. The molecule has 150 valence electrons. The lowest BCUT2D eigenvalue weighted by molar-refractivity contribution is 0.0448. The number of halogens is 1. The van der Waals surface area contributed by atoms with Gasteiger partial charge in [0.15, 0.2) is 11.6 Å². The van der Waals surface area contributed by atoms with E-state index in [1.54, 1.807) is 48.5 Å². The van der Waals surface area contributed by atoms with Crippen molar-refractivity contribution in [1.29, 1.82) is 0 Å². The minimum Gasteiger partial charge on any atom is -0.487 e. The molecule has 4 rings (SSSR count). The van der Waals surface area contributed by atoms with Crippen molar-refractivity contribution >= 4 is 23.5 Å². The van der Waals surface area contributed by atoms with Crippen molar-refractivity contribution in [2.24, 2.45) is 0 Å². The maximum absolute atomic E-state index is 13.5. The van der Waals surface area contributed by atoms with Gasteiger partial charge in [0.2, 0.25) is 0 Å². The summed E-state index contributed by atoms with van der Waals surface area (Å²) in [6.07, 6.45) is 0. The van der Waals surface area contributed by atoms with Gasteiger partial charge in [0.1, 0.15) is 13.2 Å². The molecule has 3 aromatic carbocycles. The van der Waals surface area contributed by atoms with Gasteiger partial charge in [0, 0.05) is 0 Å². The lowest BCUT2D eigenvalue weighted by atomic mass is 10.1. The van der Waals surface area contributed by atoms with Crippen LogP contribution >= 0.6 is 0 Å². The van der Waals surface area contributed by atoms with Crippen molar-refractivity contribution in [2.45, 2.75) is 0 Å². The van der Waals surface area contributed by atoms with Crippen molar-refractivity contribution in [1.82, 2.24) is 0 Å². The number of benzene rings is 3.